The molecule has 94 valence electrons. The number of hydrogen-bond acceptors (Lipinski definition) is 1. The van der Waals surface area contributed by atoms with E-state index in [9.17, 15) is 0 Å². The number of rotatable bonds is 2. The van der Waals surface area contributed by atoms with Crippen LogP contribution in [0.25, 0.3) is 10.8 Å². The van der Waals surface area contributed by atoms with Crippen LogP contribution < -0.4 is 11.1 Å². The molecule has 0 saturated heterocycles. The lowest BCUT2D eigenvalue weighted by molar-refractivity contribution is 0.833. The molecular weight excluding hydrogens is 290 g/mol. The van der Waals surface area contributed by atoms with Gasteiger partial charge in [0.05, 0.1) is 0 Å². The van der Waals surface area contributed by atoms with Crippen molar-refractivity contribution in [2.75, 3.05) is 5.32 Å². The lowest BCUT2D eigenvalue weighted by Gasteiger charge is -2.11. The molecule has 0 aliphatic carbocycles. The van der Waals surface area contributed by atoms with Gasteiger partial charge in [-0.15, -0.1) is 0 Å². The summed E-state index contributed by atoms with van der Waals surface area (Å²) < 4.78 is 1.07. The Morgan fingerprint density at radius 3 is 2.50 bits per heavy atom. The second-order valence-electron chi connectivity index (χ2n) is 4.37. The van der Waals surface area contributed by atoms with E-state index in [4.69, 9.17) is 5.73 Å². The largest absolute Gasteiger partial charge is 0.370 e. The summed E-state index contributed by atoms with van der Waals surface area (Å²) in [5, 5.41) is 5.42. The molecule has 0 amide bonds. The molecule has 2 aromatic rings. The Labute approximate surface area is 115 Å². The van der Waals surface area contributed by atoms with Gasteiger partial charge in [0.15, 0.2) is 5.96 Å². The average molecular weight is 306 g/mol. The maximum absolute atomic E-state index is 5.86. The molecule has 3 nitrogen and oxygen atoms in total. The Morgan fingerprint density at radius 2 is 1.83 bits per heavy atom. The monoisotopic (exact) mass is 305 g/mol. The number of guanidine groups is 1. The second kappa shape index (κ2) is 5.40. The minimum Gasteiger partial charge on any atom is -0.370 e. The third kappa shape index (κ3) is 2.82. The smallest absolute Gasteiger partial charge is 0.193 e. The highest BCUT2D eigenvalue weighted by molar-refractivity contribution is 9.10. The molecular formula is C14H16BrN3. The summed E-state index contributed by atoms with van der Waals surface area (Å²) in [5.41, 5.74) is 6.83. The van der Waals surface area contributed by atoms with Crippen LogP contribution in [0.15, 0.2) is 45.9 Å². The Morgan fingerprint density at radius 1 is 1.17 bits per heavy atom. The minimum atomic E-state index is 0.180. The van der Waals surface area contributed by atoms with Crippen LogP contribution >= 0.6 is 15.9 Å². The van der Waals surface area contributed by atoms with Crippen LogP contribution in [0.5, 0.6) is 0 Å². The van der Waals surface area contributed by atoms with E-state index in [0.29, 0.717) is 5.96 Å². The first-order chi connectivity index (χ1) is 8.58. The van der Waals surface area contributed by atoms with Gasteiger partial charge in [-0.25, -0.2) is 0 Å². The van der Waals surface area contributed by atoms with Crippen molar-refractivity contribution in [3.05, 3.63) is 40.9 Å². The van der Waals surface area contributed by atoms with Gasteiger partial charge >= 0.3 is 0 Å². The van der Waals surface area contributed by atoms with Crippen LogP contribution in [0.1, 0.15) is 13.8 Å². The summed E-state index contributed by atoms with van der Waals surface area (Å²) in [5.74, 6) is 0.442. The summed E-state index contributed by atoms with van der Waals surface area (Å²) >= 11 is 3.55. The molecule has 0 fully saturated rings. The Balaban J connectivity index is 2.43. The Bertz CT molecular complexity index is 591. The van der Waals surface area contributed by atoms with Crippen LogP contribution in [0.2, 0.25) is 0 Å². The first kappa shape index (κ1) is 12.9. The van der Waals surface area contributed by atoms with E-state index < -0.39 is 0 Å². The summed E-state index contributed by atoms with van der Waals surface area (Å²) in [6.07, 6.45) is 0. The zero-order valence-electron chi connectivity index (χ0n) is 10.4. The van der Waals surface area contributed by atoms with Gasteiger partial charge in [0.1, 0.15) is 0 Å². The number of anilines is 1. The number of benzene rings is 2. The summed E-state index contributed by atoms with van der Waals surface area (Å²) in [7, 11) is 0. The van der Waals surface area contributed by atoms with E-state index in [2.05, 4.69) is 38.4 Å². The number of fused-ring (bicyclic) bond motifs is 1. The summed E-state index contributed by atoms with van der Waals surface area (Å²) in [6, 6.07) is 12.3. The van der Waals surface area contributed by atoms with Crippen LogP contribution in [-0.2, 0) is 0 Å². The van der Waals surface area contributed by atoms with Crippen molar-refractivity contribution in [2.24, 2.45) is 10.7 Å². The quantitative estimate of drug-likeness (QED) is 0.656. The molecule has 0 spiro atoms. The third-order valence-corrected chi connectivity index (χ3v) is 3.22. The number of halogens is 1. The predicted octanol–water partition coefficient (Wildman–Crippen LogP) is 3.74. The third-order valence-electron chi connectivity index (χ3n) is 2.53. The van der Waals surface area contributed by atoms with E-state index in [0.717, 1.165) is 20.9 Å². The van der Waals surface area contributed by atoms with Gasteiger partial charge in [0, 0.05) is 21.6 Å². The maximum atomic E-state index is 5.86. The molecule has 0 unspecified atom stereocenters. The van der Waals surface area contributed by atoms with Crippen LogP contribution in [0.3, 0.4) is 0 Å². The van der Waals surface area contributed by atoms with Crippen molar-refractivity contribution in [3.8, 4) is 0 Å². The molecule has 0 aliphatic rings. The lowest BCUT2D eigenvalue weighted by Crippen LogP contribution is -2.24. The fourth-order valence-electron chi connectivity index (χ4n) is 1.82. The fourth-order valence-corrected chi connectivity index (χ4v) is 2.30. The van der Waals surface area contributed by atoms with Crippen molar-refractivity contribution < 1.29 is 0 Å². The Hall–Kier alpha value is -1.55. The number of nitrogens with two attached hydrogens (primary N) is 1. The molecule has 0 aliphatic heterocycles. The van der Waals surface area contributed by atoms with E-state index in [1.807, 2.05) is 38.1 Å². The SMILES string of the molecule is CC(C)N=C(N)Nc1ccc(Br)c2ccccc12. The van der Waals surface area contributed by atoms with E-state index in [-0.39, 0.29) is 6.04 Å². The highest BCUT2D eigenvalue weighted by Crippen LogP contribution is 2.29. The molecule has 2 rings (SSSR count). The number of hydrogen-bond donors (Lipinski definition) is 2. The van der Waals surface area contributed by atoms with Crippen molar-refractivity contribution in [3.63, 3.8) is 0 Å². The molecule has 0 atom stereocenters. The number of aliphatic imine (C=N–C) groups is 1. The topological polar surface area (TPSA) is 50.4 Å². The molecule has 0 saturated carbocycles. The standard InChI is InChI=1S/C14H16BrN3/c1-9(2)17-14(16)18-13-8-7-12(15)10-5-3-4-6-11(10)13/h3-9H,1-2H3,(H3,16,17,18). The molecule has 0 heterocycles. The number of nitrogens with one attached hydrogen (secondary N) is 1. The highest BCUT2D eigenvalue weighted by Gasteiger charge is 2.04. The van der Waals surface area contributed by atoms with Crippen LogP contribution in [0.4, 0.5) is 5.69 Å². The van der Waals surface area contributed by atoms with Gasteiger partial charge in [-0.2, -0.15) is 0 Å². The molecule has 2 aromatic carbocycles. The highest BCUT2D eigenvalue weighted by atomic mass is 79.9. The molecule has 3 N–H and O–H groups in total. The van der Waals surface area contributed by atoms with Gasteiger partial charge < -0.3 is 11.1 Å². The lowest BCUT2D eigenvalue weighted by atomic mass is 10.1. The van der Waals surface area contributed by atoms with Gasteiger partial charge in [-0.1, -0.05) is 40.2 Å². The maximum Gasteiger partial charge on any atom is 0.193 e. The molecule has 18 heavy (non-hydrogen) atoms. The van der Waals surface area contributed by atoms with Crippen molar-refractivity contribution in [1.82, 2.24) is 0 Å². The second-order valence-corrected chi connectivity index (χ2v) is 5.23. The van der Waals surface area contributed by atoms with Crippen molar-refractivity contribution in [1.29, 1.82) is 0 Å². The van der Waals surface area contributed by atoms with Crippen molar-refractivity contribution in [2.45, 2.75) is 19.9 Å². The van der Waals surface area contributed by atoms with Gasteiger partial charge in [-0.05, 0) is 31.4 Å². The molecule has 4 heteroatoms. The van der Waals surface area contributed by atoms with Gasteiger partial charge in [0.2, 0.25) is 0 Å². The molecule has 0 aromatic heterocycles. The van der Waals surface area contributed by atoms with Gasteiger partial charge in [0.25, 0.3) is 0 Å². The van der Waals surface area contributed by atoms with Gasteiger partial charge in [-0.3, -0.25) is 4.99 Å². The average Bonchev–Trinajstić information content (AvgIpc) is 2.32. The van der Waals surface area contributed by atoms with E-state index in [1.165, 1.54) is 0 Å². The summed E-state index contributed by atoms with van der Waals surface area (Å²) in [6.45, 7) is 3.99. The normalized spacial score (nSPS) is 12.1. The van der Waals surface area contributed by atoms with Crippen LogP contribution in [-0.4, -0.2) is 12.0 Å². The van der Waals surface area contributed by atoms with Crippen molar-refractivity contribution >= 4 is 38.3 Å². The Kier molecular flexibility index (Phi) is 3.87. The molecule has 0 radical (unpaired) electrons. The first-order valence-corrected chi connectivity index (χ1v) is 6.65. The minimum absolute atomic E-state index is 0.180. The van der Waals surface area contributed by atoms with E-state index >= 15 is 0 Å². The van der Waals surface area contributed by atoms with Crippen LogP contribution in [0, 0.1) is 0 Å². The zero-order valence-corrected chi connectivity index (χ0v) is 12.0. The predicted molar refractivity (Wildman–Crippen MR) is 82.0 cm³/mol. The first-order valence-electron chi connectivity index (χ1n) is 5.85. The number of nitrogens with zero attached hydrogens (tertiary/aromatic N) is 1. The summed E-state index contributed by atoms with van der Waals surface area (Å²) in [4.78, 5) is 4.27. The fraction of sp³-hybridized carbons (Fsp3) is 0.214. The zero-order chi connectivity index (χ0) is 13.1. The molecule has 0 bridgehead atoms. The van der Waals surface area contributed by atoms with E-state index in [1.54, 1.807) is 0 Å².